The van der Waals surface area contributed by atoms with Gasteiger partial charge in [-0.05, 0) is 24.7 Å². The van der Waals surface area contributed by atoms with Gasteiger partial charge in [0.05, 0.1) is 12.4 Å². The highest BCUT2D eigenvalue weighted by Crippen LogP contribution is 2.30. The van der Waals surface area contributed by atoms with Crippen LogP contribution in [0.2, 0.25) is 0 Å². The second kappa shape index (κ2) is 5.55. The molecule has 0 atom stereocenters. The molecular weight excluding hydrogens is 240 g/mol. The van der Waals surface area contributed by atoms with Gasteiger partial charge in [-0.15, -0.1) is 0 Å². The van der Waals surface area contributed by atoms with Crippen LogP contribution in [0.15, 0.2) is 12.4 Å². The summed E-state index contributed by atoms with van der Waals surface area (Å²) in [6.07, 6.45) is 6.40. The number of amides is 1. The number of anilines is 1. The molecule has 5 nitrogen and oxygen atoms in total. The summed E-state index contributed by atoms with van der Waals surface area (Å²) in [5.74, 6) is 0.668. The number of nitrogens with one attached hydrogen (secondary N) is 1. The van der Waals surface area contributed by atoms with Gasteiger partial charge in [0.1, 0.15) is 11.5 Å². The molecule has 0 spiro atoms. The molecule has 1 aromatic heterocycles. The Morgan fingerprint density at radius 3 is 2.68 bits per heavy atom. The largest absolute Gasteiger partial charge is 0.372 e. The van der Waals surface area contributed by atoms with E-state index in [-0.39, 0.29) is 5.91 Å². The van der Waals surface area contributed by atoms with Crippen LogP contribution in [0.5, 0.6) is 0 Å². The normalized spacial score (nSPS) is 18.8. The van der Waals surface area contributed by atoms with Crippen LogP contribution in [0, 0.1) is 5.41 Å². The molecule has 1 saturated heterocycles. The summed E-state index contributed by atoms with van der Waals surface area (Å²) in [4.78, 5) is 22.6. The van der Waals surface area contributed by atoms with Crippen LogP contribution in [-0.2, 0) is 0 Å². The lowest BCUT2D eigenvalue weighted by Crippen LogP contribution is -2.33. The quantitative estimate of drug-likeness (QED) is 0.887. The maximum absolute atomic E-state index is 12.4. The molecule has 1 amide bonds. The van der Waals surface area contributed by atoms with Crippen LogP contribution in [-0.4, -0.2) is 40.9 Å². The first-order valence-electron chi connectivity index (χ1n) is 6.81. The fraction of sp³-hybridized carbons (Fsp3) is 0.643. The van der Waals surface area contributed by atoms with Crippen molar-refractivity contribution in [3.8, 4) is 0 Å². The highest BCUT2D eigenvalue weighted by molar-refractivity contribution is 5.92. The lowest BCUT2D eigenvalue weighted by Gasteiger charge is -2.23. The lowest BCUT2D eigenvalue weighted by molar-refractivity contribution is 0.0751. The number of rotatable bonds is 2. The van der Waals surface area contributed by atoms with E-state index in [1.54, 1.807) is 19.4 Å². The molecule has 5 heteroatoms. The average molecular weight is 262 g/mol. The van der Waals surface area contributed by atoms with Crippen LogP contribution in [0.1, 0.15) is 43.6 Å². The highest BCUT2D eigenvalue weighted by atomic mass is 16.2. The van der Waals surface area contributed by atoms with Crippen molar-refractivity contribution in [2.24, 2.45) is 5.41 Å². The molecule has 1 aromatic rings. The summed E-state index contributed by atoms with van der Waals surface area (Å²) in [6, 6.07) is 0. The predicted octanol–water partition coefficient (Wildman–Crippen LogP) is 2.17. The maximum atomic E-state index is 12.4. The molecule has 0 aromatic carbocycles. The third-order valence-corrected chi connectivity index (χ3v) is 3.75. The van der Waals surface area contributed by atoms with E-state index in [0.29, 0.717) is 16.9 Å². The molecule has 2 rings (SSSR count). The van der Waals surface area contributed by atoms with E-state index in [1.807, 2.05) is 4.90 Å². The van der Waals surface area contributed by atoms with Crippen LogP contribution in [0.3, 0.4) is 0 Å². The summed E-state index contributed by atoms with van der Waals surface area (Å²) in [5, 5.41) is 2.89. The van der Waals surface area contributed by atoms with Crippen molar-refractivity contribution in [1.29, 1.82) is 0 Å². The van der Waals surface area contributed by atoms with Gasteiger partial charge < -0.3 is 10.2 Å². The Morgan fingerprint density at radius 1 is 1.26 bits per heavy atom. The standard InChI is InChI=1S/C14H22N4O/c1-14(2)5-4-7-18(8-6-14)13(19)11-9-17-12(15-3)10-16-11/h9-10H,4-8H2,1-3H3,(H,15,17). The molecule has 1 aliphatic heterocycles. The van der Waals surface area contributed by atoms with Crippen molar-refractivity contribution in [3.05, 3.63) is 18.1 Å². The van der Waals surface area contributed by atoms with Gasteiger partial charge in [-0.1, -0.05) is 13.8 Å². The van der Waals surface area contributed by atoms with E-state index in [0.717, 1.165) is 25.9 Å². The number of hydrogen-bond acceptors (Lipinski definition) is 4. The molecule has 104 valence electrons. The minimum absolute atomic E-state index is 0.00662. The fourth-order valence-electron chi connectivity index (χ4n) is 2.36. The van der Waals surface area contributed by atoms with Crippen molar-refractivity contribution in [2.75, 3.05) is 25.5 Å². The minimum atomic E-state index is -0.00662. The molecule has 19 heavy (non-hydrogen) atoms. The Kier molecular flexibility index (Phi) is 4.02. The monoisotopic (exact) mass is 262 g/mol. The van der Waals surface area contributed by atoms with Crippen molar-refractivity contribution >= 4 is 11.7 Å². The van der Waals surface area contributed by atoms with E-state index in [2.05, 4.69) is 29.1 Å². The summed E-state index contributed by atoms with van der Waals surface area (Å²) >= 11 is 0. The van der Waals surface area contributed by atoms with Crippen molar-refractivity contribution in [1.82, 2.24) is 14.9 Å². The van der Waals surface area contributed by atoms with Gasteiger partial charge in [0.25, 0.3) is 5.91 Å². The van der Waals surface area contributed by atoms with Crippen LogP contribution in [0.4, 0.5) is 5.82 Å². The zero-order chi connectivity index (χ0) is 13.9. The van der Waals surface area contributed by atoms with Crippen molar-refractivity contribution in [2.45, 2.75) is 33.1 Å². The number of carbonyl (C=O) groups excluding carboxylic acids is 1. The molecule has 0 unspecified atom stereocenters. The summed E-state index contributed by atoms with van der Waals surface area (Å²) < 4.78 is 0. The van der Waals surface area contributed by atoms with Crippen LogP contribution < -0.4 is 5.32 Å². The summed E-state index contributed by atoms with van der Waals surface area (Å²) in [5.41, 5.74) is 0.759. The summed E-state index contributed by atoms with van der Waals surface area (Å²) in [7, 11) is 1.78. The van der Waals surface area contributed by atoms with Gasteiger partial charge in [-0.25, -0.2) is 9.97 Å². The van der Waals surface area contributed by atoms with E-state index >= 15 is 0 Å². The van der Waals surface area contributed by atoms with Gasteiger partial charge in [0, 0.05) is 20.1 Å². The molecule has 0 radical (unpaired) electrons. The first kappa shape index (κ1) is 13.8. The van der Waals surface area contributed by atoms with E-state index < -0.39 is 0 Å². The van der Waals surface area contributed by atoms with Crippen LogP contribution in [0.25, 0.3) is 0 Å². The Labute approximate surface area is 114 Å². The van der Waals surface area contributed by atoms with Gasteiger partial charge in [0.15, 0.2) is 0 Å². The number of hydrogen-bond donors (Lipinski definition) is 1. The molecule has 1 N–H and O–H groups in total. The van der Waals surface area contributed by atoms with E-state index in [9.17, 15) is 4.79 Å². The Hall–Kier alpha value is -1.65. The number of aromatic nitrogens is 2. The highest BCUT2D eigenvalue weighted by Gasteiger charge is 2.26. The lowest BCUT2D eigenvalue weighted by atomic mass is 9.85. The van der Waals surface area contributed by atoms with E-state index in [4.69, 9.17) is 0 Å². The molecule has 0 saturated carbocycles. The Bertz CT molecular complexity index is 441. The average Bonchev–Trinajstić information content (AvgIpc) is 2.59. The molecule has 0 aliphatic carbocycles. The van der Waals surface area contributed by atoms with Crippen molar-refractivity contribution < 1.29 is 4.79 Å². The smallest absolute Gasteiger partial charge is 0.274 e. The molecule has 1 fully saturated rings. The second-order valence-corrected chi connectivity index (χ2v) is 5.85. The fourth-order valence-corrected chi connectivity index (χ4v) is 2.36. The minimum Gasteiger partial charge on any atom is -0.372 e. The topological polar surface area (TPSA) is 58.1 Å². The number of nitrogens with zero attached hydrogens (tertiary/aromatic N) is 3. The molecule has 0 bridgehead atoms. The zero-order valence-electron chi connectivity index (χ0n) is 11.9. The van der Waals surface area contributed by atoms with Gasteiger partial charge >= 0.3 is 0 Å². The molecule has 2 heterocycles. The third kappa shape index (κ3) is 3.43. The Morgan fingerprint density at radius 2 is 2.05 bits per heavy atom. The first-order chi connectivity index (χ1) is 9.02. The SMILES string of the molecule is CNc1cnc(C(=O)N2CCCC(C)(C)CC2)cn1. The van der Waals surface area contributed by atoms with Gasteiger partial charge in [-0.3, -0.25) is 4.79 Å². The van der Waals surface area contributed by atoms with Crippen molar-refractivity contribution in [3.63, 3.8) is 0 Å². The third-order valence-electron chi connectivity index (χ3n) is 3.75. The summed E-state index contributed by atoms with van der Waals surface area (Å²) in [6.45, 7) is 6.16. The zero-order valence-corrected chi connectivity index (χ0v) is 11.9. The van der Waals surface area contributed by atoms with Gasteiger partial charge in [0.2, 0.25) is 0 Å². The van der Waals surface area contributed by atoms with E-state index in [1.165, 1.54) is 6.42 Å². The molecule has 1 aliphatic rings. The van der Waals surface area contributed by atoms with Gasteiger partial charge in [-0.2, -0.15) is 0 Å². The number of carbonyl (C=O) groups is 1. The number of likely N-dealkylation sites (tertiary alicyclic amines) is 1. The first-order valence-corrected chi connectivity index (χ1v) is 6.81. The predicted molar refractivity (Wildman–Crippen MR) is 75.1 cm³/mol. The second-order valence-electron chi connectivity index (χ2n) is 5.85. The van der Waals surface area contributed by atoms with Crippen LogP contribution >= 0.6 is 0 Å². The molecular formula is C14H22N4O. The Balaban J connectivity index is 2.06. The maximum Gasteiger partial charge on any atom is 0.274 e.